The van der Waals surface area contributed by atoms with Crippen molar-refractivity contribution in [3.8, 4) is 11.8 Å². The van der Waals surface area contributed by atoms with E-state index in [2.05, 4.69) is 22.2 Å². The number of carboxylic acid groups (broad SMARTS) is 1. The number of nitrogens with one attached hydrogen (secondary N) is 1. The van der Waals surface area contributed by atoms with Gasteiger partial charge in [0.1, 0.15) is 5.54 Å². The number of hydrogen-bond acceptors (Lipinski definition) is 6. The average molecular weight is 295 g/mol. The molecule has 0 amide bonds. The Bertz CT molecular complexity index is 491. The minimum Gasteiger partial charge on any atom is -0.481 e. The molecule has 2 N–H and O–H groups in total. The summed E-state index contributed by atoms with van der Waals surface area (Å²) < 4.78 is 10.2. The summed E-state index contributed by atoms with van der Waals surface area (Å²) in [5.41, 5.74) is -1.02. The second-order valence-electron chi connectivity index (χ2n) is 5.47. The van der Waals surface area contributed by atoms with Crippen LogP contribution in [0.5, 0.6) is 11.8 Å². The molecule has 1 fully saturated rings. The lowest BCUT2D eigenvalue weighted by atomic mass is 9.77. The van der Waals surface area contributed by atoms with Crippen LogP contribution in [0.4, 0.5) is 5.95 Å². The van der Waals surface area contributed by atoms with Gasteiger partial charge in [0, 0.05) is 0 Å². The molecule has 0 bridgehead atoms. The van der Waals surface area contributed by atoms with Gasteiger partial charge in [-0.25, -0.2) is 4.79 Å². The predicted octanol–water partition coefficient (Wildman–Crippen LogP) is 1.94. The van der Waals surface area contributed by atoms with Gasteiger partial charge in [-0.1, -0.05) is 6.92 Å². The third-order valence-corrected chi connectivity index (χ3v) is 3.99. The van der Waals surface area contributed by atoms with Crippen molar-refractivity contribution in [3.63, 3.8) is 0 Å². The van der Waals surface area contributed by atoms with Crippen LogP contribution in [0.25, 0.3) is 0 Å². The third-order valence-electron chi connectivity index (χ3n) is 3.99. The van der Waals surface area contributed by atoms with Crippen molar-refractivity contribution in [1.29, 1.82) is 0 Å². The lowest BCUT2D eigenvalue weighted by Gasteiger charge is -2.36. The zero-order chi connectivity index (χ0) is 15.5. The topological polar surface area (TPSA) is 93.6 Å². The second kappa shape index (κ2) is 6.15. The number of nitrogens with zero attached hydrogens (tertiary/aromatic N) is 2. The molecular formula is C14H21N3O4. The van der Waals surface area contributed by atoms with Crippen molar-refractivity contribution < 1.29 is 19.4 Å². The molecule has 0 spiro atoms. The Hall–Kier alpha value is -2.05. The van der Waals surface area contributed by atoms with Gasteiger partial charge in [-0.2, -0.15) is 9.97 Å². The Morgan fingerprint density at radius 1 is 1.29 bits per heavy atom. The molecule has 0 aliphatic heterocycles. The van der Waals surface area contributed by atoms with E-state index >= 15 is 0 Å². The van der Waals surface area contributed by atoms with Crippen molar-refractivity contribution in [1.82, 2.24) is 9.97 Å². The fraction of sp³-hybridized carbons (Fsp3) is 0.643. The quantitative estimate of drug-likeness (QED) is 0.857. The Labute approximate surface area is 123 Å². The molecule has 0 atom stereocenters. The highest BCUT2D eigenvalue weighted by Gasteiger charge is 2.42. The number of carbonyl (C=O) groups is 1. The molecule has 7 nitrogen and oxygen atoms in total. The van der Waals surface area contributed by atoms with Gasteiger partial charge < -0.3 is 19.9 Å². The third kappa shape index (κ3) is 3.34. The summed E-state index contributed by atoms with van der Waals surface area (Å²) in [5, 5.41) is 12.6. The molecule has 116 valence electrons. The zero-order valence-corrected chi connectivity index (χ0v) is 12.5. The fourth-order valence-corrected chi connectivity index (χ4v) is 2.53. The first-order chi connectivity index (χ1) is 9.99. The van der Waals surface area contributed by atoms with E-state index in [1.54, 1.807) is 6.07 Å². The molecule has 21 heavy (non-hydrogen) atoms. The monoisotopic (exact) mass is 295 g/mol. The van der Waals surface area contributed by atoms with Gasteiger partial charge in [0.05, 0.1) is 20.3 Å². The fourth-order valence-electron chi connectivity index (χ4n) is 2.53. The Balaban J connectivity index is 2.27. The Kier molecular flexibility index (Phi) is 4.50. The molecule has 1 aliphatic carbocycles. The summed E-state index contributed by atoms with van der Waals surface area (Å²) in [6.45, 7) is 2.14. The van der Waals surface area contributed by atoms with Crippen LogP contribution in [0.2, 0.25) is 0 Å². The van der Waals surface area contributed by atoms with Crippen molar-refractivity contribution in [2.45, 2.75) is 38.1 Å². The number of hydrogen-bond donors (Lipinski definition) is 2. The van der Waals surface area contributed by atoms with E-state index in [9.17, 15) is 9.90 Å². The number of anilines is 1. The van der Waals surface area contributed by atoms with Crippen LogP contribution in [-0.2, 0) is 4.79 Å². The highest BCUT2D eigenvalue weighted by molar-refractivity contribution is 5.82. The lowest BCUT2D eigenvalue weighted by Crippen LogP contribution is -2.49. The number of aliphatic carboxylic acids is 1. The molecule has 1 aromatic heterocycles. The van der Waals surface area contributed by atoms with E-state index in [0.717, 1.165) is 12.8 Å². The summed E-state index contributed by atoms with van der Waals surface area (Å²) in [6, 6.07) is 1.54. The van der Waals surface area contributed by atoms with E-state index in [0.29, 0.717) is 30.5 Å². The minimum absolute atomic E-state index is 0.211. The maximum absolute atomic E-state index is 11.7. The van der Waals surface area contributed by atoms with E-state index < -0.39 is 11.5 Å². The first-order valence-corrected chi connectivity index (χ1v) is 6.98. The van der Waals surface area contributed by atoms with Gasteiger partial charge in [-0.3, -0.25) is 0 Å². The van der Waals surface area contributed by atoms with Gasteiger partial charge >= 0.3 is 5.97 Å². The van der Waals surface area contributed by atoms with Crippen LogP contribution in [0.1, 0.15) is 32.6 Å². The highest BCUT2D eigenvalue weighted by atomic mass is 16.5. The maximum atomic E-state index is 11.7. The number of carboxylic acids is 1. The van der Waals surface area contributed by atoms with Gasteiger partial charge in [-0.05, 0) is 31.6 Å². The van der Waals surface area contributed by atoms with Crippen molar-refractivity contribution in [3.05, 3.63) is 6.07 Å². The van der Waals surface area contributed by atoms with Gasteiger partial charge in [-0.15, -0.1) is 0 Å². The van der Waals surface area contributed by atoms with Crippen molar-refractivity contribution in [2.24, 2.45) is 5.92 Å². The number of methoxy groups -OCH3 is 2. The van der Waals surface area contributed by atoms with Crippen molar-refractivity contribution >= 4 is 11.9 Å². The van der Waals surface area contributed by atoms with Crippen LogP contribution < -0.4 is 14.8 Å². The van der Waals surface area contributed by atoms with Crippen LogP contribution in [0, 0.1) is 5.92 Å². The van der Waals surface area contributed by atoms with Gasteiger partial charge in [0.25, 0.3) is 0 Å². The Morgan fingerprint density at radius 2 is 1.81 bits per heavy atom. The molecule has 0 unspecified atom stereocenters. The molecule has 0 saturated heterocycles. The average Bonchev–Trinajstić information content (AvgIpc) is 2.49. The first kappa shape index (κ1) is 15.3. The molecule has 0 radical (unpaired) electrons. The molecule has 2 rings (SSSR count). The van der Waals surface area contributed by atoms with Crippen LogP contribution in [0.15, 0.2) is 6.07 Å². The molecule has 7 heteroatoms. The smallest absolute Gasteiger partial charge is 0.329 e. The van der Waals surface area contributed by atoms with Crippen LogP contribution in [-0.4, -0.2) is 40.8 Å². The van der Waals surface area contributed by atoms with E-state index in [1.807, 2.05) is 0 Å². The second-order valence-corrected chi connectivity index (χ2v) is 5.47. The normalized spacial score (nSPS) is 25.2. The van der Waals surface area contributed by atoms with Gasteiger partial charge in [0.15, 0.2) is 0 Å². The number of ether oxygens (including phenoxy) is 2. The van der Waals surface area contributed by atoms with Gasteiger partial charge in [0.2, 0.25) is 17.7 Å². The van der Waals surface area contributed by atoms with Crippen LogP contribution >= 0.6 is 0 Å². The maximum Gasteiger partial charge on any atom is 0.329 e. The lowest BCUT2D eigenvalue weighted by molar-refractivity contribution is -0.143. The molecule has 1 saturated carbocycles. The number of aromatic nitrogens is 2. The standard InChI is InChI=1S/C14H21N3O4/c1-9-4-6-14(7-5-9,12(18)19)17-13-15-10(20-2)8-11(16-13)21-3/h8-9H,4-7H2,1-3H3,(H,18,19)(H,15,16,17). The Morgan fingerprint density at radius 3 is 2.24 bits per heavy atom. The SMILES string of the molecule is COc1cc(OC)nc(NC2(C(=O)O)CCC(C)CC2)n1. The molecule has 1 aromatic rings. The summed E-state index contributed by atoms with van der Waals surface area (Å²) in [7, 11) is 2.97. The summed E-state index contributed by atoms with van der Waals surface area (Å²) in [4.78, 5) is 20.0. The highest BCUT2D eigenvalue weighted by Crippen LogP contribution is 2.34. The van der Waals surface area contributed by atoms with E-state index in [1.165, 1.54) is 14.2 Å². The zero-order valence-electron chi connectivity index (χ0n) is 12.5. The summed E-state index contributed by atoms with van der Waals surface area (Å²) >= 11 is 0. The van der Waals surface area contributed by atoms with E-state index in [-0.39, 0.29) is 5.95 Å². The largest absolute Gasteiger partial charge is 0.481 e. The predicted molar refractivity (Wildman–Crippen MR) is 76.8 cm³/mol. The molecular weight excluding hydrogens is 274 g/mol. The van der Waals surface area contributed by atoms with Crippen LogP contribution in [0.3, 0.4) is 0 Å². The van der Waals surface area contributed by atoms with E-state index in [4.69, 9.17) is 9.47 Å². The summed E-state index contributed by atoms with van der Waals surface area (Å²) in [6.07, 6.45) is 2.82. The first-order valence-electron chi connectivity index (χ1n) is 6.98. The van der Waals surface area contributed by atoms with Crippen molar-refractivity contribution in [2.75, 3.05) is 19.5 Å². The molecule has 0 aromatic carbocycles. The molecule has 1 heterocycles. The molecule has 1 aliphatic rings. The summed E-state index contributed by atoms with van der Waals surface area (Å²) in [5.74, 6) is 0.533. The number of rotatable bonds is 5. The minimum atomic E-state index is -1.02.